The fourth-order valence-electron chi connectivity index (χ4n) is 6.99. The zero-order chi connectivity index (χ0) is 50.0. The third kappa shape index (κ3) is 19.0. The first-order valence-electron chi connectivity index (χ1n) is 23.1. The Bertz CT molecular complexity index is 2680. The molecular weight excluding hydrogens is 905 g/mol. The van der Waals surface area contributed by atoms with Crippen molar-refractivity contribution in [1.82, 2.24) is 21.3 Å². The summed E-state index contributed by atoms with van der Waals surface area (Å²) in [6.45, 7) is 3.55. The van der Waals surface area contributed by atoms with Crippen LogP contribution in [0, 0.1) is 0 Å². The highest BCUT2D eigenvalue weighted by Gasteiger charge is 2.26. The quantitative estimate of drug-likeness (QED) is 0.0517. The predicted molar refractivity (Wildman–Crippen MR) is 270 cm³/mol. The Morgan fingerprint density at radius 1 is 0.500 bits per heavy atom. The van der Waals surface area contributed by atoms with E-state index < -0.39 is 58.0 Å². The first kappa shape index (κ1) is 53.1. The maximum absolute atomic E-state index is 13.6. The Kier molecular flexibility index (Phi) is 21.6. The summed E-state index contributed by atoms with van der Waals surface area (Å²) >= 11 is 0. The summed E-state index contributed by atoms with van der Waals surface area (Å²) in [6.07, 6.45) is 2.00. The van der Waals surface area contributed by atoms with E-state index in [2.05, 4.69) is 21.3 Å². The molecule has 0 fully saturated rings. The third-order valence-corrected chi connectivity index (χ3v) is 12.3. The summed E-state index contributed by atoms with van der Waals surface area (Å²) in [7, 11) is -3.72. The minimum atomic E-state index is -3.72. The lowest BCUT2D eigenvalue weighted by molar-refractivity contribution is -0.128. The number of carbonyl (C=O) groups is 5. The molecular formula is C56H60N4O9S. The molecule has 4 N–H and O–H groups in total. The molecule has 0 heterocycles. The van der Waals surface area contributed by atoms with E-state index in [4.69, 9.17) is 9.47 Å². The molecule has 364 valence electrons. The van der Waals surface area contributed by atoms with Crippen LogP contribution in [0.2, 0.25) is 0 Å². The molecule has 2 unspecified atom stereocenters. The van der Waals surface area contributed by atoms with Gasteiger partial charge in [0.25, 0.3) is 0 Å². The first-order chi connectivity index (χ1) is 33.9. The highest BCUT2D eigenvalue weighted by Crippen LogP contribution is 2.15. The van der Waals surface area contributed by atoms with Gasteiger partial charge in [-0.3, -0.25) is 14.4 Å². The van der Waals surface area contributed by atoms with Gasteiger partial charge in [-0.15, -0.1) is 0 Å². The van der Waals surface area contributed by atoms with E-state index in [1.54, 1.807) is 32.0 Å². The SMILES string of the molecule is CCC(=O)[C@H](C)NC(=O)C(Cc1ccccc1)NC(=O)OCc1ccccc1.O=C(NC(Cc1ccccc1)C(=O)N[C@H](/C=C/S(=O)(=O)c1ccccc1)CCc1ccccc1)OCc1ccccc1. The lowest BCUT2D eigenvalue weighted by atomic mass is 10.0. The third-order valence-electron chi connectivity index (χ3n) is 10.9. The van der Waals surface area contributed by atoms with E-state index in [0.29, 0.717) is 25.7 Å². The lowest BCUT2D eigenvalue weighted by Crippen LogP contribution is -2.51. The van der Waals surface area contributed by atoms with E-state index in [1.807, 2.05) is 152 Å². The molecule has 6 aromatic rings. The minimum absolute atomic E-state index is 0.0616. The van der Waals surface area contributed by atoms with E-state index in [1.165, 1.54) is 18.2 Å². The summed E-state index contributed by atoms with van der Waals surface area (Å²) in [6, 6.07) is 52.0. The number of rotatable bonds is 22. The molecule has 0 aliphatic rings. The fourth-order valence-corrected chi connectivity index (χ4v) is 8.08. The van der Waals surface area contributed by atoms with Crippen LogP contribution in [0.25, 0.3) is 0 Å². The lowest BCUT2D eigenvalue weighted by Gasteiger charge is -2.22. The van der Waals surface area contributed by atoms with Gasteiger partial charge in [-0.25, -0.2) is 18.0 Å². The number of carbonyl (C=O) groups excluding carboxylic acids is 5. The maximum atomic E-state index is 13.6. The molecule has 0 spiro atoms. The highest BCUT2D eigenvalue weighted by atomic mass is 32.2. The number of ketones is 1. The van der Waals surface area contributed by atoms with Gasteiger partial charge < -0.3 is 30.7 Å². The van der Waals surface area contributed by atoms with Crippen molar-refractivity contribution in [2.24, 2.45) is 0 Å². The second kappa shape index (κ2) is 28.5. The number of ether oxygens (including phenoxy) is 2. The van der Waals surface area contributed by atoms with Crippen molar-refractivity contribution in [3.63, 3.8) is 0 Å². The molecule has 0 saturated carbocycles. The molecule has 0 aliphatic heterocycles. The van der Waals surface area contributed by atoms with Crippen molar-refractivity contribution in [3.8, 4) is 0 Å². The molecule has 0 saturated heterocycles. The molecule has 0 aliphatic carbocycles. The standard InChI is InChI=1S/C34H34N2O5S.C22H26N2O4/c37-33(32(25-28-15-7-2-8-16-28)36-34(38)41-26-29-17-9-3-10-18-29)35-30(22-21-27-13-5-1-6-14-27)23-24-42(39,40)31-19-11-4-12-20-31;1-3-20(25)16(2)23-21(26)19(14-17-10-6-4-7-11-17)24-22(27)28-15-18-12-8-5-9-13-18/h1-20,23-24,30,32H,21-22,25-26H2,(H,35,37)(H,36,38);4-13,16,19H,3,14-15H2,1-2H3,(H,23,26)(H,24,27)/b24-23+;/t30-,32?;16-,19?/m00/s1. The van der Waals surface area contributed by atoms with Crippen LogP contribution in [-0.2, 0) is 66.2 Å². The second-order valence-electron chi connectivity index (χ2n) is 16.3. The fraction of sp³-hybridized carbons (Fsp3) is 0.232. The van der Waals surface area contributed by atoms with Crippen LogP contribution < -0.4 is 21.3 Å². The number of alkyl carbamates (subject to hydrolysis) is 2. The van der Waals surface area contributed by atoms with Gasteiger partial charge in [0.1, 0.15) is 25.3 Å². The number of hydrogen-bond acceptors (Lipinski definition) is 9. The van der Waals surface area contributed by atoms with Gasteiger partial charge in [0.05, 0.1) is 10.9 Å². The van der Waals surface area contributed by atoms with Gasteiger partial charge in [-0.2, -0.15) is 0 Å². The summed E-state index contributed by atoms with van der Waals surface area (Å²) < 4.78 is 36.5. The topological polar surface area (TPSA) is 186 Å². The average molecular weight is 965 g/mol. The molecule has 6 aromatic carbocycles. The van der Waals surface area contributed by atoms with Crippen molar-refractivity contribution in [1.29, 1.82) is 0 Å². The van der Waals surface area contributed by atoms with Crippen LogP contribution >= 0.6 is 0 Å². The Hall–Kier alpha value is -7.84. The Morgan fingerprint density at radius 2 is 0.871 bits per heavy atom. The first-order valence-corrected chi connectivity index (χ1v) is 24.6. The molecule has 4 atom stereocenters. The zero-order valence-corrected chi connectivity index (χ0v) is 40.1. The number of hydrogen-bond donors (Lipinski definition) is 4. The van der Waals surface area contributed by atoms with Gasteiger partial charge in [-0.05, 0) is 59.7 Å². The number of sulfone groups is 1. The monoisotopic (exact) mass is 964 g/mol. The molecule has 0 radical (unpaired) electrons. The molecule has 0 bridgehead atoms. The van der Waals surface area contributed by atoms with E-state index in [-0.39, 0.29) is 30.3 Å². The highest BCUT2D eigenvalue weighted by molar-refractivity contribution is 7.94. The average Bonchev–Trinajstić information content (AvgIpc) is 3.39. The largest absolute Gasteiger partial charge is 0.445 e. The molecule has 4 amide bonds. The van der Waals surface area contributed by atoms with Crippen LogP contribution in [0.3, 0.4) is 0 Å². The van der Waals surface area contributed by atoms with Gasteiger partial charge in [0, 0.05) is 30.7 Å². The molecule has 70 heavy (non-hydrogen) atoms. The van der Waals surface area contributed by atoms with Crippen molar-refractivity contribution < 1.29 is 41.9 Å². The number of nitrogens with one attached hydrogen (secondary N) is 4. The van der Waals surface area contributed by atoms with Crippen molar-refractivity contribution in [2.45, 2.75) is 88.2 Å². The van der Waals surface area contributed by atoms with Gasteiger partial charge >= 0.3 is 12.2 Å². The number of amides is 4. The molecule has 0 aromatic heterocycles. The Balaban J connectivity index is 0.000000283. The van der Waals surface area contributed by atoms with Gasteiger partial charge in [0.15, 0.2) is 15.6 Å². The van der Waals surface area contributed by atoms with E-state index >= 15 is 0 Å². The minimum Gasteiger partial charge on any atom is -0.445 e. The maximum Gasteiger partial charge on any atom is 0.408 e. The van der Waals surface area contributed by atoms with Crippen LogP contribution in [0.4, 0.5) is 9.59 Å². The predicted octanol–water partition coefficient (Wildman–Crippen LogP) is 8.64. The second-order valence-corrected chi connectivity index (χ2v) is 18.1. The van der Waals surface area contributed by atoms with Crippen LogP contribution in [0.5, 0.6) is 0 Å². The number of aryl methyl sites for hydroxylation is 1. The van der Waals surface area contributed by atoms with Crippen LogP contribution in [-0.4, -0.2) is 62.4 Å². The summed E-state index contributed by atoms with van der Waals surface area (Å²) in [5.74, 6) is -0.941. The summed E-state index contributed by atoms with van der Waals surface area (Å²) in [5.41, 5.74) is 4.47. The summed E-state index contributed by atoms with van der Waals surface area (Å²) in [4.78, 5) is 63.2. The molecule has 6 rings (SSSR count). The van der Waals surface area contributed by atoms with Crippen LogP contribution in [0.15, 0.2) is 198 Å². The van der Waals surface area contributed by atoms with Gasteiger partial charge in [0.2, 0.25) is 11.8 Å². The molecule has 13 nitrogen and oxygen atoms in total. The zero-order valence-electron chi connectivity index (χ0n) is 39.3. The normalized spacial score (nSPS) is 12.7. The smallest absolute Gasteiger partial charge is 0.408 e. The van der Waals surface area contributed by atoms with Crippen molar-refractivity contribution >= 4 is 39.6 Å². The number of Topliss-reactive ketones (excluding diaryl/α,β-unsaturated/α-hetero) is 1. The molecule has 14 heteroatoms. The number of benzene rings is 6. The Morgan fingerprint density at radius 3 is 1.29 bits per heavy atom. The van der Waals surface area contributed by atoms with E-state index in [9.17, 15) is 32.4 Å². The van der Waals surface area contributed by atoms with Crippen LogP contribution in [0.1, 0.15) is 54.5 Å². The van der Waals surface area contributed by atoms with Gasteiger partial charge in [-0.1, -0.05) is 183 Å². The summed E-state index contributed by atoms with van der Waals surface area (Å²) in [5, 5.41) is 12.1. The van der Waals surface area contributed by atoms with Crippen molar-refractivity contribution in [3.05, 3.63) is 221 Å². The Labute approximate surface area is 410 Å². The van der Waals surface area contributed by atoms with E-state index in [0.717, 1.165) is 33.2 Å². The van der Waals surface area contributed by atoms with Crippen molar-refractivity contribution in [2.75, 3.05) is 0 Å².